The molecule has 0 unspecified atom stereocenters. The lowest BCUT2D eigenvalue weighted by atomic mass is 10.1. The molecule has 2 aromatic carbocycles. The van der Waals surface area contributed by atoms with Crippen LogP contribution >= 0.6 is 0 Å². The average Bonchev–Trinajstić information content (AvgIpc) is 3.71. The zero-order valence-electron chi connectivity index (χ0n) is 19.2. The van der Waals surface area contributed by atoms with Crippen molar-refractivity contribution < 1.29 is 13.9 Å². The highest BCUT2D eigenvalue weighted by Gasteiger charge is 2.21. The van der Waals surface area contributed by atoms with E-state index >= 15 is 0 Å². The van der Waals surface area contributed by atoms with Crippen molar-refractivity contribution in [3.05, 3.63) is 60.5 Å². The lowest BCUT2D eigenvalue weighted by Crippen LogP contribution is -2.44. The fourth-order valence-electron chi connectivity index (χ4n) is 3.84. The molecule has 34 heavy (non-hydrogen) atoms. The SMILES string of the molecule is Fc1ccc(Nc2nccc(-c3ccc(OCC4CC4)cc3)n2)cc1OCCN1CCNCC1. The van der Waals surface area contributed by atoms with Gasteiger partial charge in [0, 0.05) is 56.2 Å². The van der Waals surface area contributed by atoms with E-state index in [9.17, 15) is 4.39 Å². The van der Waals surface area contributed by atoms with Crippen molar-refractivity contribution >= 4 is 11.6 Å². The number of hydrogen-bond donors (Lipinski definition) is 2. The van der Waals surface area contributed by atoms with Gasteiger partial charge in [-0.1, -0.05) is 0 Å². The van der Waals surface area contributed by atoms with Gasteiger partial charge in [-0.3, -0.25) is 4.90 Å². The van der Waals surface area contributed by atoms with E-state index in [0.717, 1.165) is 62.3 Å². The predicted octanol–water partition coefficient (Wildman–Crippen LogP) is 4.10. The molecule has 178 valence electrons. The first-order valence-electron chi connectivity index (χ1n) is 11.9. The molecule has 1 saturated carbocycles. The van der Waals surface area contributed by atoms with Gasteiger partial charge in [0.2, 0.25) is 5.95 Å². The van der Waals surface area contributed by atoms with Gasteiger partial charge in [-0.05, 0) is 61.2 Å². The third-order valence-corrected chi connectivity index (χ3v) is 6.05. The molecule has 2 N–H and O–H groups in total. The molecule has 2 aliphatic rings. The normalized spacial score (nSPS) is 16.3. The smallest absolute Gasteiger partial charge is 0.227 e. The third-order valence-electron chi connectivity index (χ3n) is 6.05. The summed E-state index contributed by atoms with van der Waals surface area (Å²) in [4.78, 5) is 11.2. The largest absolute Gasteiger partial charge is 0.493 e. The van der Waals surface area contributed by atoms with E-state index < -0.39 is 0 Å². The van der Waals surface area contributed by atoms with Crippen LogP contribution in [0.3, 0.4) is 0 Å². The van der Waals surface area contributed by atoms with Crippen molar-refractivity contribution in [2.45, 2.75) is 12.8 Å². The van der Waals surface area contributed by atoms with E-state index in [1.165, 1.54) is 18.9 Å². The molecule has 0 bridgehead atoms. The number of aromatic nitrogens is 2. The molecule has 7 nitrogen and oxygen atoms in total. The highest BCUT2D eigenvalue weighted by Crippen LogP contribution is 2.30. The van der Waals surface area contributed by atoms with E-state index in [4.69, 9.17) is 9.47 Å². The summed E-state index contributed by atoms with van der Waals surface area (Å²) in [5, 5.41) is 6.48. The Bertz CT molecular complexity index is 1080. The second-order valence-electron chi connectivity index (χ2n) is 8.75. The minimum absolute atomic E-state index is 0.220. The van der Waals surface area contributed by atoms with Crippen LogP contribution in [-0.2, 0) is 0 Å². The van der Waals surface area contributed by atoms with Crippen LogP contribution in [0.1, 0.15) is 12.8 Å². The van der Waals surface area contributed by atoms with E-state index in [2.05, 4.69) is 25.5 Å². The van der Waals surface area contributed by atoms with Crippen LogP contribution in [0.25, 0.3) is 11.3 Å². The van der Waals surface area contributed by atoms with Gasteiger partial charge in [0.15, 0.2) is 11.6 Å². The van der Waals surface area contributed by atoms with Gasteiger partial charge in [0.05, 0.1) is 12.3 Å². The lowest BCUT2D eigenvalue weighted by molar-refractivity contribution is 0.188. The molecule has 0 amide bonds. The molecular weight excluding hydrogens is 433 g/mol. The van der Waals surface area contributed by atoms with Gasteiger partial charge in [-0.15, -0.1) is 0 Å². The summed E-state index contributed by atoms with van der Waals surface area (Å²) >= 11 is 0. The van der Waals surface area contributed by atoms with Crippen molar-refractivity contribution in [1.82, 2.24) is 20.2 Å². The number of rotatable bonds is 10. The van der Waals surface area contributed by atoms with Crippen LogP contribution in [-0.4, -0.2) is 60.8 Å². The summed E-state index contributed by atoms with van der Waals surface area (Å²) in [6, 6.07) is 14.5. The molecule has 2 heterocycles. The number of nitrogens with one attached hydrogen (secondary N) is 2. The number of benzene rings is 2. The maximum atomic E-state index is 14.3. The Hall–Kier alpha value is -3.23. The van der Waals surface area contributed by atoms with Crippen molar-refractivity contribution in [3.63, 3.8) is 0 Å². The number of nitrogens with zero attached hydrogens (tertiary/aromatic N) is 3. The minimum Gasteiger partial charge on any atom is -0.493 e. The number of anilines is 2. The summed E-state index contributed by atoms with van der Waals surface area (Å²) in [7, 11) is 0. The first-order valence-corrected chi connectivity index (χ1v) is 11.9. The monoisotopic (exact) mass is 463 g/mol. The van der Waals surface area contributed by atoms with Crippen LogP contribution in [0.5, 0.6) is 11.5 Å². The van der Waals surface area contributed by atoms with Crippen molar-refractivity contribution in [2.24, 2.45) is 5.92 Å². The number of piperazine rings is 1. The molecule has 5 rings (SSSR count). The standard InChI is InChI=1S/C26H30FN5O2/c27-23-8-5-21(17-25(23)33-16-15-32-13-11-28-12-14-32)30-26-29-10-9-24(31-26)20-3-6-22(7-4-20)34-18-19-1-2-19/h3-10,17,19,28H,1-2,11-16,18H2,(H,29,30,31). The van der Waals surface area contributed by atoms with Crippen LogP contribution < -0.4 is 20.1 Å². The van der Waals surface area contributed by atoms with Crippen LogP contribution in [0.15, 0.2) is 54.7 Å². The number of ether oxygens (including phenoxy) is 2. The fourth-order valence-corrected chi connectivity index (χ4v) is 3.84. The first-order chi connectivity index (χ1) is 16.7. The average molecular weight is 464 g/mol. The second-order valence-corrected chi connectivity index (χ2v) is 8.75. The Morgan fingerprint density at radius 2 is 1.85 bits per heavy atom. The maximum absolute atomic E-state index is 14.3. The molecule has 1 saturated heterocycles. The van der Waals surface area contributed by atoms with Crippen LogP contribution in [0.4, 0.5) is 16.0 Å². The highest BCUT2D eigenvalue weighted by atomic mass is 19.1. The number of halogens is 1. The quantitative estimate of drug-likeness (QED) is 0.469. The van der Waals surface area contributed by atoms with Gasteiger partial charge >= 0.3 is 0 Å². The molecule has 1 aliphatic heterocycles. The molecule has 1 aromatic heterocycles. The van der Waals surface area contributed by atoms with Crippen molar-refractivity contribution in [3.8, 4) is 22.8 Å². The molecule has 0 radical (unpaired) electrons. The first kappa shape index (κ1) is 22.6. The number of hydrogen-bond acceptors (Lipinski definition) is 7. The van der Waals surface area contributed by atoms with Crippen LogP contribution in [0.2, 0.25) is 0 Å². The van der Waals surface area contributed by atoms with E-state index in [1.54, 1.807) is 18.3 Å². The van der Waals surface area contributed by atoms with Crippen molar-refractivity contribution in [1.29, 1.82) is 0 Å². The van der Waals surface area contributed by atoms with E-state index in [1.807, 2.05) is 30.3 Å². The summed E-state index contributed by atoms with van der Waals surface area (Å²) in [5.74, 6) is 1.87. The Kier molecular flexibility index (Phi) is 7.16. The Morgan fingerprint density at radius 1 is 1.03 bits per heavy atom. The van der Waals surface area contributed by atoms with E-state index in [-0.39, 0.29) is 11.6 Å². The molecule has 3 aromatic rings. The third kappa shape index (κ3) is 6.21. The van der Waals surface area contributed by atoms with Gasteiger partial charge in [-0.25, -0.2) is 14.4 Å². The Balaban J connectivity index is 1.20. The molecule has 0 spiro atoms. The zero-order valence-corrected chi connectivity index (χ0v) is 19.2. The fraction of sp³-hybridized carbons (Fsp3) is 0.385. The predicted molar refractivity (Wildman–Crippen MR) is 130 cm³/mol. The highest BCUT2D eigenvalue weighted by molar-refractivity contribution is 5.63. The van der Waals surface area contributed by atoms with E-state index in [0.29, 0.717) is 18.2 Å². The Labute approximate surface area is 199 Å². The van der Waals surface area contributed by atoms with Gasteiger partial charge in [0.1, 0.15) is 12.4 Å². The van der Waals surface area contributed by atoms with Gasteiger partial charge in [-0.2, -0.15) is 0 Å². The lowest BCUT2D eigenvalue weighted by Gasteiger charge is -2.26. The topological polar surface area (TPSA) is 71.5 Å². The van der Waals surface area contributed by atoms with Gasteiger partial charge in [0.25, 0.3) is 0 Å². The summed E-state index contributed by atoms with van der Waals surface area (Å²) in [6.45, 7) is 5.92. The summed E-state index contributed by atoms with van der Waals surface area (Å²) < 4.78 is 25.8. The van der Waals surface area contributed by atoms with Crippen molar-refractivity contribution in [2.75, 3.05) is 51.3 Å². The second kappa shape index (κ2) is 10.8. The molecule has 1 aliphatic carbocycles. The minimum atomic E-state index is -0.385. The maximum Gasteiger partial charge on any atom is 0.227 e. The molecule has 8 heteroatoms. The summed E-state index contributed by atoms with van der Waals surface area (Å²) in [5.41, 5.74) is 2.43. The zero-order chi connectivity index (χ0) is 23.2. The Morgan fingerprint density at radius 3 is 2.65 bits per heavy atom. The molecule has 0 atom stereocenters. The van der Waals surface area contributed by atoms with Gasteiger partial charge < -0.3 is 20.1 Å². The van der Waals surface area contributed by atoms with Crippen LogP contribution in [0, 0.1) is 11.7 Å². The molecular formula is C26H30FN5O2. The molecule has 2 fully saturated rings. The summed E-state index contributed by atoms with van der Waals surface area (Å²) in [6.07, 6.45) is 4.25.